The fraction of sp³-hybridized carbons (Fsp3) is 0.200. The Hall–Kier alpha value is -0.840. The molecule has 2 N–H and O–H groups in total. The lowest BCUT2D eigenvalue weighted by atomic mass is 10.2. The van der Waals surface area contributed by atoms with E-state index in [1.54, 1.807) is 11.8 Å². The maximum Gasteiger partial charge on any atom is 0.133 e. The summed E-state index contributed by atoms with van der Waals surface area (Å²) in [5.74, 6) is 1.63. The number of benzene rings is 2. The van der Waals surface area contributed by atoms with Crippen molar-refractivity contribution in [3.05, 3.63) is 51.5 Å². The van der Waals surface area contributed by atoms with Crippen molar-refractivity contribution in [1.82, 2.24) is 0 Å². The van der Waals surface area contributed by atoms with Gasteiger partial charge in [0.25, 0.3) is 0 Å². The zero-order valence-corrected chi connectivity index (χ0v) is 14.2. The summed E-state index contributed by atoms with van der Waals surface area (Å²) in [6, 6.07) is 11.6. The van der Waals surface area contributed by atoms with Crippen LogP contribution in [0.15, 0.2) is 45.8 Å². The molecule has 5 heteroatoms. The van der Waals surface area contributed by atoms with Gasteiger partial charge in [0.05, 0.1) is 11.1 Å². The lowest BCUT2D eigenvalue weighted by Gasteiger charge is -2.09. The van der Waals surface area contributed by atoms with E-state index >= 15 is 0 Å². The summed E-state index contributed by atoms with van der Waals surface area (Å²) in [6.07, 6.45) is 0. The number of hydrogen-bond acceptors (Lipinski definition) is 3. The lowest BCUT2D eigenvalue weighted by molar-refractivity contribution is 0.342. The Morgan fingerprint density at radius 1 is 1.25 bits per heavy atom. The van der Waals surface area contributed by atoms with E-state index in [0.29, 0.717) is 11.6 Å². The van der Waals surface area contributed by atoms with Crippen LogP contribution in [0.3, 0.4) is 0 Å². The Morgan fingerprint density at radius 3 is 2.75 bits per heavy atom. The Morgan fingerprint density at radius 2 is 2.05 bits per heavy atom. The van der Waals surface area contributed by atoms with E-state index in [0.717, 1.165) is 26.6 Å². The van der Waals surface area contributed by atoms with Crippen LogP contribution in [0.2, 0.25) is 5.02 Å². The summed E-state index contributed by atoms with van der Waals surface area (Å²) in [5, 5.41) is 0.686. The van der Waals surface area contributed by atoms with Crippen LogP contribution in [0.4, 0.5) is 5.69 Å². The summed E-state index contributed by atoms with van der Waals surface area (Å²) >= 11 is 11.0. The Labute approximate surface area is 136 Å². The number of hydrogen-bond donors (Lipinski definition) is 1. The number of anilines is 1. The monoisotopic (exact) mass is 371 g/mol. The van der Waals surface area contributed by atoms with Crippen molar-refractivity contribution >= 4 is 45.0 Å². The number of rotatable bonds is 5. The molecule has 0 amide bonds. The number of nitrogen functional groups attached to an aromatic ring is 1. The second-order valence-corrected chi connectivity index (χ2v) is 6.74. The molecule has 2 nitrogen and oxygen atoms in total. The van der Waals surface area contributed by atoms with Gasteiger partial charge in [-0.1, -0.05) is 17.7 Å². The van der Waals surface area contributed by atoms with Crippen molar-refractivity contribution in [2.24, 2.45) is 0 Å². The van der Waals surface area contributed by atoms with Crippen LogP contribution in [0.25, 0.3) is 0 Å². The molecule has 2 rings (SSSR count). The molecular weight excluding hydrogens is 358 g/mol. The van der Waals surface area contributed by atoms with Crippen LogP contribution in [0, 0.1) is 6.92 Å². The second-order valence-electron chi connectivity index (χ2n) is 4.31. The highest BCUT2D eigenvalue weighted by Crippen LogP contribution is 2.29. The fourth-order valence-corrected chi connectivity index (χ4v) is 3.27. The summed E-state index contributed by atoms with van der Waals surface area (Å²) in [5.41, 5.74) is 7.97. The van der Waals surface area contributed by atoms with Gasteiger partial charge in [0.1, 0.15) is 5.75 Å². The molecule has 0 bridgehead atoms. The molecule has 0 aliphatic heterocycles. The van der Waals surface area contributed by atoms with Crippen LogP contribution < -0.4 is 10.5 Å². The summed E-state index contributed by atoms with van der Waals surface area (Å²) in [6.45, 7) is 2.64. The van der Waals surface area contributed by atoms with Crippen molar-refractivity contribution in [3.63, 3.8) is 0 Å². The van der Waals surface area contributed by atoms with Crippen molar-refractivity contribution in [2.45, 2.75) is 11.8 Å². The van der Waals surface area contributed by atoms with Crippen molar-refractivity contribution < 1.29 is 4.74 Å². The van der Waals surface area contributed by atoms with Gasteiger partial charge < -0.3 is 10.5 Å². The van der Waals surface area contributed by atoms with Crippen molar-refractivity contribution in [1.29, 1.82) is 0 Å². The zero-order chi connectivity index (χ0) is 14.5. The molecule has 0 fully saturated rings. The predicted molar refractivity (Wildman–Crippen MR) is 91.0 cm³/mol. The lowest BCUT2D eigenvalue weighted by Crippen LogP contribution is -2.01. The smallest absolute Gasteiger partial charge is 0.133 e. The normalized spacial score (nSPS) is 10.6. The molecule has 0 saturated carbocycles. The Balaban J connectivity index is 1.84. The predicted octanol–water partition coefficient (Wildman–Crippen LogP) is 5.16. The van der Waals surface area contributed by atoms with Crippen molar-refractivity contribution in [3.8, 4) is 5.75 Å². The minimum atomic E-state index is 0.609. The largest absolute Gasteiger partial charge is 0.492 e. The van der Waals surface area contributed by atoms with Gasteiger partial charge in [-0.2, -0.15) is 0 Å². The van der Waals surface area contributed by atoms with E-state index in [1.165, 1.54) is 5.56 Å². The van der Waals surface area contributed by atoms with E-state index < -0.39 is 0 Å². The fourth-order valence-electron chi connectivity index (χ4n) is 1.69. The molecule has 0 spiro atoms. The van der Waals surface area contributed by atoms with Crippen molar-refractivity contribution in [2.75, 3.05) is 18.1 Å². The molecule has 106 valence electrons. The maximum absolute atomic E-state index is 5.97. The Kier molecular flexibility index (Phi) is 5.64. The molecule has 0 atom stereocenters. The standard InChI is InChI=1S/C15H15BrClNOS/c1-10-2-5-15(13(18)8-10)20-7-6-19-14-4-3-11(17)9-12(14)16/h2-5,8-9H,6-7,18H2,1H3. The third-order valence-corrected chi connectivity index (χ3v) is 4.57. The first kappa shape index (κ1) is 15.5. The number of nitrogens with two attached hydrogens (primary N) is 1. The Bertz CT molecular complexity index is 553. The van der Waals surface area contributed by atoms with Crippen LogP contribution >= 0.6 is 39.3 Å². The molecule has 0 aromatic heterocycles. The average molecular weight is 373 g/mol. The first-order valence-electron chi connectivity index (χ1n) is 6.13. The molecule has 0 radical (unpaired) electrons. The molecule has 20 heavy (non-hydrogen) atoms. The van der Waals surface area contributed by atoms with Gasteiger partial charge in [-0.25, -0.2) is 0 Å². The van der Waals surface area contributed by atoms with Crippen LogP contribution in [0.5, 0.6) is 5.75 Å². The van der Waals surface area contributed by atoms with Gasteiger partial charge in [-0.05, 0) is 58.7 Å². The third-order valence-electron chi connectivity index (χ3n) is 2.66. The molecule has 0 heterocycles. The van der Waals surface area contributed by atoms with Gasteiger partial charge >= 0.3 is 0 Å². The highest BCUT2D eigenvalue weighted by molar-refractivity contribution is 9.10. The van der Waals surface area contributed by atoms with E-state index in [4.69, 9.17) is 22.1 Å². The van der Waals surface area contributed by atoms with E-state index in [1.807, 2.05) is 37.3 Å². The molecule has 2 aromatic carbocycles. The average Bonchev–Trinajstić information content (AvgIpc) is 2.39. The summed E-state index contributed by atoms with van der Waals surface area (Å²) < 4.78 is 6.58. The zero-order valence-electron chi connectivity index (χ0n) is 11.0. The highest BCUT2D eigenvalue weighted by Gasteiger charge is 2.03. The summed E-state index contributed by atoms with van der Waals surface area (Å²) in [7, 11) is 0. The second kappa shape index (κ2) is 7.25. The number of ether oxygens (including phenoxy) is 1. The van der Waals surface area contributed by atoms with E-state index in [-0.39, 0.29) is 0 Å². The maximum atomic E-state index is 5.97. The molecule has 0 saturated heterocycles. The van der Waals surface area contributed by atoms with Gasteiger partial charge in [0.15, 0.2) is 0 Å². The minimum absolute atomic E-state index is 0.609. The molecule has 0 aliphatic carbocycles. The van der Waals surface area contributed by atoms with E-state index in [2.05, 4.69) is 22.0 Å². The number of thioether (sulfide) groups is 1. The van der Waals surface area contributed by atoms with Gasteiger partial charge in [-0.15, -0.1) is 11.8 Å². The topological polar surface area (TPSA) is 35.2 Å². The van der Waals surface area contributed by atoms with E-state index in [9.17, 15) is 0 Å². The molecule has 0 unspecified atom stereocenters. The third kappa shape index (κ3) is 4.33. The number of aryl methyl sites for hydroxylation is 1. The van der Waals surface area contributed by atoms with Gasteiger partial charge in [0.2, 0.25) is 0 Å². The van der Waals surface area contributed by atoms with Crippen LogP contribution in [-0.4, -0.2) is 12.4 Å². The van der Waals surface area contributed by atoms with Crippen LogP contribution in [0.1, 0.15) is 5.56 Å². The first-order chi connectivity index (χ1) is 9.56. The van der Waals surface area contributed by atoms with Gasteiger partial charge in [-0.3, -0.25) is 0 Å². The summed E-state index contributed by atoms with van der Waals surface area (Å²) in [4.78, 5) is 1.09. The van der Waals surface area contributed by atoms with Gasteiger partial charge in [0, 0.05) is 21.4 Å². The SMILES string of the molecule is Cc1ccc(SCCOc2ccc(Cl)cc2Br)c(N)c1. The minimum Gasteiger partial charge on any atom is -0.492 e. The molecular formula is C15H15BrClNOS. The molecule has 2 aromatic rings. The van der Waals surface area contributed by atoms with Crippen LogP contribution in [-0.2, 0) is 0 Å². The molecule has 0 aliphatic rings. The first-order valence-corrected chi connectivity index (χ1v) is 8.28. The number of halogens is 2. The quantitative estimate of drug-likeness (QED) is 0.447. The highest BCUT2D eigenvalue weighted by atomic mass is 79.9.